The largest absolute Gasteiger partial charge is 0.405 e. The molecule has 0 aliphatic heterocycles. The first kappa shape index (κ1) is 16.2. The summed E-state index contributed by atoms with van der Waals surface area (Å²) in [5.41, 5.74) is 0.287. The highest BCUT2D eigenvalue weighted by molar-refractivity contribution is 5.93. The highest BCUT2D eigenvalue weighted by Crippen LogP contribution is 2.20. The second kappa shape index (κ2) is 6.56. The highest BCUT2D eigenvalue weighted by atomic mass is 19.4. The Balaban J connectivity index is 2.90. The van der Waals surface area contributed by atoms with Gasteiger partial charge in [-0.2, -0.15) is 13.2 Å². The Bertz CT molecular complexity index is 446. The van der Waals surface area contributed by atoms with Crippen LogP contribution in [0.25, 0.3) is 0 Å². The second-order valence-corrected chi connectivity index (χ2v) is 4.36. The number of nitrogens with zero attached hydrogens (tertiary/aromatic N) is 3. The quantitative estimate of drug-likeness (QED) is 0.884. The number of amides is 1. The maximum absolute atomic E-state index is 12.4. The predicted octanol–water partition coefficient (Wildman–Crippen LogP) is 1.14. The summed E-state index contributed by atoms with van der Waals surface area (Å²) in [5, 5.41) is 8.81. The standard InChI is InChI=1S/C12H16F3N3O2/c1-17(2)11(20)9-3-4-10(16-7-9)18(5-6-19)8-12(13,14)15/h3-4,7,19H,5-6,8H2,1-2H3. The molecule has 1 aromatic rings. The number of alkyl halides is 3. The molecule has 0 radical (unpaired) electrons. The van der Waals surface area contributed by atoms with Crippen LogP contribution in [0.2, 0.25) is 0 Å². The molecule has 0 atom stereocenters. The molecule has 0 fully saturated rings. The van der Waals surface area contributed by atoms with Gasteiger partial charge in [0.05, 0.1) is 12.2 Å². The van der Waals surface area contributed by atoms with Gasteiger partial charge in [0.15, 0.2) is 0 Å². The molecule has 1 N–H and O–H groups in total. The van der Waals surface area contributed by atoms with Crippen molar-refractivity contribution in [3.8, 4) is 0 Å². The van der Waals surface area contributed by atoms with Crippen LogP contribution < -0.4 is 4.90 Å². The van der Waals surface area contributed by atoms with Crippen molar-refractivity contribution in [2.24, 2.45) is 0 Å². The van der Waals surface area contributed by atoms with E-state index in [1.807, 2.05) is 0 Å². The lowest BCUT2D eigenvalue weighted by Gasteiger charge is -2.24. The van der Waals surface area contributed by atoms with Gasteiger partial charge in [0.1, 0.15) is 12.4 Å². The van der Waals surface area contributed by atoms with E-state index in [4.69, 9.17) is 5.11 Å². The van der Waals surface area contributed by atoms with E-state index in [1.54, 1.807) is 14.1 Å². The van der Waals surface area contributed by atoms with E-state index in [1.165, 1.54) is 23.2 Å². The third-order valence-electron chi connectivity index (χ3n) is 2.47. The zero-order chi connectivity index (χ0) is 15.3. The van der Waals surface area contributed by atoms with Gasteiger partial charge in [-0.05, 0) is 12.1 Å². The monoisotopic (exact) mass is 291 g/mol. The van der Waals surface area contributed by atoms with Gasteiger partial charge in [-0.25, -0.2) is 4.98 Å². The van der Waals surface area contributed by atoms with Crippen LogP contribution in [0.5, 0.6) is 0 Å². The summed E-state index contributed by atoms with van der Waals surface area (Å²) in [6.07, 6.45) is -3.17. The molecule has 1 rings (SSSR count). The first-order valence-electron chi connectivity index (χ1n) is 5.85. The van der Waals surface area contributed by atoms with E-state index in [0.29, 0.717) is 0 Å². The minimum atomic E-state index is -4.39. The Kier molecular flexibility index (Phi) is 5.32. The number of carbonyl (C=O) groups is 1. The Morgan fingerprint density at radius 1 is 1.35 bits per heavy atom. The Morgan fingerprint density at radius 2 is 2.00 bits per heavy atom. The first-order chi connectivity index (χ1) is 9.24. The maximum Gasteiger partial charge on any atom is 0.405 e. The minimum absolute atomic E-state index is 0.0617. The number of pyridine rings is 1. The summed E-state index contributed by atoms with van der Waals surface area (Å²) < 4.78 is 37.2. The van der Waals surface area contributed by atoms with Gasteiger partial charge in [0.2, 0.25) is 0 Å². The van der Waals surface area contributed by atoms with Gasteiger partial charge in [0, 0.05) is 26.8 Å². The molecule has 1 aromatic heterocycles. The molecule has 0 saturated heterocycles. The van der Waals surface area contributed by atoms with Gasteiger partial charge in [0.25, 0.3) is 5.91 Å². The fraction of sp³-hybridized carbons (Fsp3) is 0.500. The number of aromatic nitrogens is 1. The van der Waals surface area contributed by atoms with E-state index in [0.717, 1.165) is 4.90 Å². The van der Waals surface area contributed by atoms with Crippen molar-refractivity contribution < 1.29 is 23.1 Å². The van der Waals surface area contributed by atoms with Gasteiger partial charge >= 0.3 is 6.18 Å². The lowest BCUT2D eigenvalue weighted by atomic mass is 10.2. The number of hydrogen-bond acceptors (Lipinski definition) is 4. The number of halogens is 3. The molecule has 5 nitrogen and oxygen atoms in total. The van der Waals surface area contributed by atoms with Crippen LogP contribution in [0.1, 0.15) is 10.4 Å². The third-order valence-corrected chi connectivity index (χ3v) is 2.47. The van der Waals surface area contributed by atoms with Crippen molar-refractivity contribution in [2.75, 3.05) is 38.7 Å². The first-order valence-corrected chi connectivity index (χ1v) is 5.85. The van der Waals surface area contributed by atoms with Crippen LogP contribution >= 0.6 is 0 Å². The maximum atomic E-state index is 12.4. The molecular weight excluding hydrogens is 275 g/mol. The normalized spacial score (nSPS) is 11.3. The predicted molar refractivity (Wildman–Crippen MR) is 67.6 cm³/mol. The summed E-state index contributed by atoms with van der Waals surface area (Å²) in [4.78, 5) is 17.7. The number of carbonyl (C=O) groups excluding carboxylic acids is 1. The average molecular weight is 291 g/mol. The SMILES string of the molecule is CN(C)C(=O)c1ccc(N(CCO)CC(F)(F)F)nc1. The van der Waals surface area contributed by atoms with Crippen molar-refractivity contribution in [1.82, 2.24) is 9.88 Å². The molecule has 1 heterocycles. The molecule has 0 aromatic carbocycles. The zero-order valence-corrected chi connectivity index (χ0v) is 11.2. The molecule has 20 heavy (non-hydrogen) atoms. The van der Waals surface area contributed by atoms with Crippen molar-refractivity contribution in [3.05, 3.63) is 23.9 Å². The number of aliphatic hydroxyl groups excluding tert-OH is 1. The van der Waals surface area contributed by atoms with Crippen LogP contribution in [0, 0.1) is 0 Å². The van der Waals surface area contributed by atoms with Crippen molar-refractivity contribution in [1.29, 1.82) is 0 Å². The Morgan fingerprint density at radius 3 is 2.40 bits per heavy atom. The molecule has 0 aliphatic carbocycles. The topological polar surface area (TPSA) is 56.7 Å². The van der Waals surface area contributed by atoms with Crippen LogP contribution in [0.15, 0.2) is 18.3 Å². The molecule has 0 aliphatic rings. The molecule has 0 spiro atoms. The minimum Gasteiger partial charge on any atom is -0.395 e. The van der Waals surface area contributed by atoms with Gasteiger partial charge < -0.3 is 14.9 Å². The third kappa shape index (κ3) is 4.69. The summed E-state index contributed by atoms with van der Waals surface area (Å²) in [5.74, 6) is -0.222. The smallest absolute Gasteiger partial charge is 0.395 e. The van der Waals surface area contributed by atoms with Crippen LogP contribution in [-0.4, -0.2) is 60.9 Å². The Hall–Kier alpha value is -1.83. The fourth-order valence-corrected chi connectivity index (χ4v) is 1.57. The fourth-order valence-electron chi connectivity index (χ4n) is 1.57. The van der Waals surface area contributed by atoms with E-state index >= 15 is 0 Å². The summed E-state index contributed by atoms with van der Waals surface area (Å²) >= 11 is 0. The molecule has 0 unspecified atom stereocenters. The van der Waals surface area contributed by atoms with Gasteiger partial charge in [-0.3, -0.25) is 4.79 Å². The van der Waals surface area contributed by atoms with Crippen LogP contribution in [0.3, 0.4) is 0 Å². The van der Waals surface area contributed by atoms with Crippen molar-refractivity contribution >= 4 is 11.7 Å². The number of rotatable bonds is 5. The number of hydrogen-bond donors (Lipinski definition) is 1. The van der Waals surface area contributed by atoms with Crippen LogP contribution in [-0.2, 0) is 0 Å². The second-order valence-electron chi connectivity index (χ2n) is 4.36. The van der Waals surface area contributed by atoms with E-state index in [-0.39, 0.29) is 23.8 Å². The van der Waals surface area contributed by atoms with E-state index in [9.17, 15) is 18.0 Å². The Labute approximate surface area is 114 Å². The zero-order valence-electron chi connectivity index (χ0n) is 11.2. The number of aliphatic hydroxyl groups is 1. The summed E-state index contributed by atoms with van der Waals surface area (Å²) in [6, 6.07) is 2.74. The van der Waals surface area contributed by atoms with Crippen molar-refractivity contribution in [3.63, 3.8) is 0 Å². The van der Waals surface area contributed by atoms with Crippen LogP contribution in [0.4, 0.5) is 19.0 Å². The van der Waals surface area contributed by atoms with E-state index < -0.39 is 19.3 Å². The summed E-state index contributed by atoms with van der Waals surface area (Å²) in [7, 11) is 3.13. The lowest BCUT2D eigenvalue weighted by Crippen LogP contribution is -2.36. The molecule has 112 valence electrons. The average Bonchev–Trinajstić information content (AvgIpc) is 2.36. The van der Waals surface area contributed by atoms with E-state index in [2.05, 4.69) is 4.98 Å². The highest BCUT2D eigenvalue weighted by Gasteiger charge is 2.31. The molecule has 8 heteroatoms. The lowest BCUT2D eigenvalue weighted by molar-refractivity contribution is -0.120. The van der Waals surface area contributed by atoms with Gasteiger partial charge in [-0.15, -0.1) is 0 Å². The molecule has 0 bridgehead atoms. The summed E-state index contributed by atoms with van der Waals surface area (Å²) in [6.45, 7) is -1.81. The molecule has 1 amide bonds. The van der Waals surface area contributed by atoms with Crippen molar-refractivity contribution in [2.45, 2.75) is 6.18 Å². The van der Waals surface area contributed by atoms with Gasteiger partial charge in [-0.1, -0.05) is 0 Å². The molecule has 0 saturated carbocycles. The number of anilines is 1. The molecular formula is C12H16F3N3O2.